The van der Waals surface area contributed by atoms with E-state index in [9.17, 15) is 0 Å². The molecule has 0 aliphatic rings. The van der Waals surface area contributed by atoms with Crippen LogP contribution in [0.5, 0.6) is 0 Å². The zero-order chi connectivity index (χ0) is 34.4. The van der Waals surface area contributed by atoms with Gasteiger partial charge in [-0.25, -0.2) is 0 Å². The third-order valence-electron chi connectivity index (χ3n) is 10.3. The number of rotatable bonds is 6. The van der Waals surface area contributed by atoms with Gasteiger partial charge in [0.2, 0.25) is 0 Å². The van der Waals surface area contributed by atoms with Crippen molar-refractivity contribution in [3.63, 3.8) is 0 Å². The second-order valence-corrected chi connectivity index (χ2v) is 14.4. The smallest absolute Gasteiger partial charge is 0.0640 e. The van der Waals surface area contributed by atoms with Crippen LogP contribution in [0.3, 0.4) is 0 Å². The van der Waals surface area contributed by atoms with Crippen LogP contribution in [-0.2, 0) is 0 Å². The summed E-state index contributed by atoms with van der Waals surface area (Å²) in [6.45, 7) is 0. The van der Waals surface area contributed by atoms with E-state index in [1.807, 2.05) is 11.3 Å². The van der Waals surface area contributed by atoms with Gasteiger partial charge in [-0.2, -0.15) is 0 Å². The number of nitrogens with zero attached hydrogens (tertiary/aromatic N) is 1. The zero-order valence-electron chi connectivity index (χ0n) is 28.4. The molecule has 0 atom stereocenters. The molecule has 9 aromatic carbocycles. The largest absolute Gasteiger partial charge is 0.309 e. The Hall–Kier alpha value is -6.48. The van der Waals surface area contributed by atoms with Crippen LogP contribution in [0.1, 0.15) is 0 Å². The molecule has 1 heterocycles. The summed E-state index contributed by atoms with van der Waals surface area (Å²) in [4.78, 5) is 2.41. The minimum Gasteiger partial charge on any atom is -0.309 e. The fourth-order valence-corrected chi connectivity index (χ4v) is 8.91. The predicted molar refractivity (Wildman–Crippen MR) is 225 cm³/mol. The van der Waals surface area contributed by atoms with E-state index >= 15 is 0 Å². The molecular weight excluding hydrogens is 647 g/mol. The van der Waals surface area contributed by atoms with Gasteiger partial charge in [-0.15, -0.1) is 11.3 Å². The number of anilines is 3. The minimum atomic E-state index is 1.13. The first-order valence-electron chi connectivity index (χ1n) is 17.8. The van der Waals surface area contributed by atoms with Gasteiger partial charge in [-0.3, -0.25) is 0 Å². The molecule has 1 nitrogen and oxygen atoms in total. The van der Waals surface area contributed by atoms with Gasteiger partial charge in [0.15, 0.2) is 0 Å². The SMILES string of the molecule is c1ccc(-c2ccc(N(c3ccc(-c4ccc(-c5cc6ccccc6c6ccccc56)cc4)cc3)c3cccc4c3sc3ccccc34)cc2)cc1. The summed E-state index contributed by atoms with van der Waals surface area (Å²) in [5, 5.41) is 7.73. The third kappa shape index (κ3) is 5.24. The van der Waals surface area contributed by atoms with Gasteiger partial charge >= 0.3 is 0 Å². The first-order chi connectivity index (χ1) is 25.8. The third-order valence-corrected chi connectivity index (χ3v) is 11.5. The van der Waals surface area contributed by atoms with Crippen molar-refractivity contribution in [3.8, 4) is 33.4 Å². The highest BCUT2D eigenvalue weighted by molar-refractivity contribution is 7.26. The quantitative estimate of drug-likeness (QED) is 0.158. The molecule has 0 fully saturated rings. The molecule has 10 rings (SSSR count). The van der Waals surface area contributed by atoms with Gasteiger partial charge in [0.05, 0.1) is 10.4 Å². The van der Waals surface area contributed by atoms with Crippen LogP contribution in [0, 0.1) is 0 Å². The highest BCUT2D eigenvalue weighted by atomic mass is 32.1. The average Bonchev–Trinajstić information content (AvgIpc) is 3.61. The van der Waals surface area contributed by atoms with E-state index in [4.69, 9.17) is 0 Å². The maximum Gasteiger partial charge on any atom is 0.0640 e. The first-order valence-corrected chi connectivity index (χ1v) is 18.6. The molecule has 0 aliphatic carbocycles. The summed E-state index contributed by atoms with van der Waals surface area (Å²) in [6.07, 6.45) is 0. The molecule has 0 spiro atoms. The Morgan fingerprint density at radius 3 is 1.52 bits per heavy atom. The Kier molecular flexibility index (Phi) is 7.41. The molecule has 0 unspecified atom stereocenters. The van der Waals surface area contributed by atoms with Gasteiger partial charge in [0, 0.05) is 26.8 Å². The molecule has 0 aliphatic heterocycles. The lowest BCUT2D eigenvalue weighted by atomic mass is 9.92. The van der Waals surface area contributed by atoms with Gasteiger partial charge in [0.25, 0.3) is 0 Å². The van der Waals surface area contributed by atoms with Crippen LogP contribution < -0.4 is 4.90 Å². The minimum absolute atomic E-state index is 1.13. The fraction of sp³-hybridized carbons (Fsp3) is 0. The molecule has 0 saturated carbocycles. The van der Waals surface area contributed by atoms with Gasteiger partial charge in [-0.1, -0.05) is 158 Å². The molecule has 0 amide bonds. The highest BCUT2D eigenvalue weighted by Gasteiger charge is 2.18. The van der Waals surface area contributed by atoms with E-state index in [1.54, 1.807) is 0 Å². The summed E-state index contributed by atoms with van der Waals surface area (Å²) in [5.74, 6) is 0. The number of hydrogen-bond acceptors (Lipinski definition) is 2. The Balaban J connectivity index is 1.04. The second kappa shape index (κ2) is 12.7. The molecule has 2 heteroatoms. The van der Waals surface area contributed by atoms with E-state index in [0.29, 0.717) is 0 Å². The maximum atomic E-state index is 2.41. The van der Waals surface area contributed by atoms with Gasteiger partial charge in [-0.05, 0) is 97.4 Å². The molecule has 52 heavy (non-hydrogen) atoms. The molecule has 0 N–H and O–H groups in total. The van der Waals surface area contributed by atoms with Crippen LogP contribution >= 0.6 is 11.3 Å². The summed E-state index contributed by atoms with van der Waals surface area (Å²) in [6, 6.07) is 72.8. The van der Waals surface area contributed by atoms with Gasteiger partial charge in [0.1, 0.15) is 0 Å². The Morgan fingerprint density at radius 1 is 0.327 bits per heavy atom. The van der Waals surface area contributed by atoms with Crippen molar-refractivity contribution in [2.24, 2.45) is 0 Å². The summed E-state index contributed by atoms with van der Waals surface area (Å²) >= 11 is 1.86. The van der Waals surface area contributed by atoms with Crippen LogP contribution in [0.15, 0.2) is 200 Å². The topological polar surface area (TPSA) is 3.24 Å². The van der Waals surface area contributed by atoms with E-state index in [-0.39, 0.29) is 0 Å². The molecule has 0 saturated heterocycles. The van der Waals surface area contributed by atoms with E-state index < -0.39 is 0 Å². The van der Waals surface area contributed by atoms with Crippen molar-refractivity contribution in [2.75, 3.05) is 4.90 Å². The van der Waals surface area contributed by atoms with E-state index in [0.717, 1.165) is 11.4 Å². The summed E-state index contributed by atoms with van der Waals surface area (Å²) < 4.78 is 2.59. The average molecular weight is 680 g/mol. The molecule has 10 aromatic rings. The van der Waals surface area contributed by atoms with Crippen molar-refractivity contribution in [3.05, 3.63) is 200 Å². The Morgan fingerprint density at radius 2 is 0.827 bits per heavy atom. The number of benzene rings is 9. The zero-order valence-corrected chi connectivity index (χ0v) is 29.2. The lowest BCUT2D eigenvalue weighted by molar-refractivity contribution is 1.30. The van der Waals surface area contributed by atoms with E-state index in [2.05, 4.69) is 205 Å². The van der Waals surface area contributed by atoms with E-state index in [1.165, 1.54) is 80.8 Å². The highest BCUT2D eigenvalue weighted by Crippen LogP contribution is 2.45. The van der Waals surface area contributed by atoms with Crippen molar-refractivity contribution >= 4 is 70.1 Å². The number of fused-ring (bicyclic) bond motifs is 6. The number of thiophene rings is 1. The lowest BCUT2D eigenvalue weighted by Crippen LogP contribution is -2.10. The lowest BCUT2D eigenvalue weighted by Gasteiger charge is -2.26. The Labute approximate surface area is 307 Å². The van der Waals surface area contributed by atoms with Crippen LogP contribution in [0.2, 0.25) is 0 Å². The van der Waals surface area contributed by atoms with Crippen molar-refractivity contribution in [2.45, 2.75) is 0 Å². The summed E-state index contributed by atoms with van der Waals surface area (Å²) in [7, 11) is 0. The second-order valence-electron chi connectivity index (χ2n) is 13.3. The number of hydrogen-bond donors (Lipinski definition) is 0. The maximum absolute atomic E-state index is 2.41. The molecule has 1 aromatic heterocycles. The van der Waals surface area contributed by atoms with Crippen LogP contribution in [0.25, 0.3) is 75.1 Å². The first kappa shape index (κ1) is 30.4. The Bertz CT molecular complexity index is 2870. The fourth-order valence-electron chi connectivity index (χ4n) is 7.71. The summed E-state index contributed by atoms with van der Waals surface area (Å²) in [5.41, 5.74) is 10.8. The molecule has 0 bridgehead atoms. The molecular formula is C50H33NS. The molecule has 0 radical (unpaired) electrons. The van der Waals surface area contributed by atoms with Crippen LogP contribution in [-0.4, -0.2) is 0 Å². The monoisotopic (exact) mass is 679 g/mol. The van der Waals surface area contributed by atoms with Crippen molar-refractivity contribution in [1.29, 1.82) is 0 Å². The van der Waals surface area contributed by atoms with Crippen LogP contribution in [0.4, 0.5) is 17.1 Å². The van der Waals surface area contributed by atoms with Crippen molar-refractivity contribution < 1.29 is 0 Å². The normalized spacial score (nSPS) is 11.5. The predicted octanol–water partition coefficient (Wildman–Crippen LogP) is 14.8. The van der Waals surface area contributed by atoms with Crippen molar-refractivity contribution in [1.82, 2.24) is 0 Å². The standard InChI is InChI=1S/C50H33NS/c1-2-11-34(12-3-1)36-25-29-40(30-26-36)51(48-19-10-18-46-45-17-8-9-20-49(45)52-50(46)48)41-31-27-37(28-32-41)35-21-23-38(24-22-35)47-33-39-13-4-5-14-42(39)43-15-6-7-16-44(43)47/h1-33H. The molecule has 244 valence electrons. The van der Waals surface area contributed by atoms with Gasteiger partial charge < -0.3 is 4.90 Å².